The molecule has 1 aromatic heterocycles. The second kappa shape index (κ2) is 12.1. The summed E-state index contributed by atoms with van der Waals surface area (Å²) in [6.45, 7) is 0.597. The van der Waals surface area contributed by atoms with Gasteiger partial charge in [0.2, 0.25) is 23.6 Å². The van der Waals surface area contributed by atoms with E-state index in [0.717, 1.165) is 21.4 Å². The Kier molecular flexibility index (Phi) is 8.18. The smallest absolute Gasteiger partial charge is 0.418 e. The fourth-order valence-electron chi connectivity index (χ4n) is 5.01. The van der Waals surface area contributed by atoms with Gasteiger partial charge in [0.1, 0.15) is 18.1 Å². The molecule has 0 spiro atoms. The predicted molar refractivity (Wildman–Crippen MR) is 149 cm³/mol. The monoisotopic (exact) mass is 574 g/mol. The summed E-state index contributed by atoms with van der Waals surface area (Å²) in [5.74, 6) is -3.49. The largest absolute Gasteiger partial charge is 0.434 e. The summed E-state index contributed by atoms with van der Waals surface area (Å²) >= 11 is 0. The van der Waals surface area contributed by atoms with E-state index in [1.54, 1.807) is 36.5 Å². The summed E-state index contributed by atoms with van der Waals surface area (Å²) in [7, 11) is 0. The number of benzene rings is 2. The van der Waals surface area contributed by atoms with Crippen LogP contribution in [0.2, 0.25) is 0 Å². The number of para-hydroxylation sites is 1. The van der Waals surface area contributed by atoms with Gasteiger partial charge in [0.15, 0.2) is 6.10 Å². The molecule has 2 saturated heterocycles. The van der Waals surface area contributed by atoms with Crippen LogP contribution in [0.25, 0.3) is 10.9 Å². The fraction of sp³-hybridized carbons (Fsp3) is 0.310. The zero-order valence-electron chi connectivity index (χ0n) is 22.7. The van der Waals surface area contributed by atoms with Gasteiger partial charge in [0.05, 0.1) is 13.1 Å². The molecular weight excluding hydrogens is 544 g/mol. The van der Waals surface area contributed by atoms with Gasteiger partial charge in [-0.1, -0.05) is 48.5 Å². The van der Waals surface area contributed by atoms with Crippen molar-refractivity contribution in [3.8, 4) is 0 Å². The first-order chi connectivity index (χ1) is 20.2. The summed E-state index contributed by atoms with van der Waals surface area (Å²) in [4.78, 5) is 82.2. The molecule has 0 radical (unpaired) electrons. The van der Waals surface area contributed by atoms with Crippen LogP contribution in [0.15, 0.2) is 60.8 Å². The number of rotatable bonds is 4. The summed E-state index contributed by atoms with van der Waals surface area (Å²) < 4.78 is 5.27. The number of fused-ring (bicyclic) bond motifs is 3. The molecule has 3 aromatic rings. The van der Waals surface area contributed by atoms with Gasteiger partial charge in [-0.25, -0.2) is 9.69 Å². The maximum Gasteiger partial charge on any atom is 0.418 e. The van der Waals surface area contributed by atoms with Crippen LogP contribution in [0.4, 0.5) is 4.79 Å². The minimum Gasteiger partial charge on any atom is -0.434 e. The lowest BCUT2D eigenvalue weighted by atomic mass is 10.0. The van der Waals surface area contributed by atoms with Crippen molar-refractivity contribution in [3.63, 3.8) is 0 Å². The number of carbonyl (C=O) groups excluding carboxylic acids is 6. The molecule has 2 bridgehead atoms. The average molecular weight is 575 g/mol. The van der Waals surface area contributed by atoms with Crippen molar-refractivity contribution < 1.29 is 33.5 Å². The standard InChI is InChI=1S/C29H30N6O7/c1-16-25(37)32-15-24(36)34-21(12-18-13-30-20-10-6-5-9-19(18)20)26(38)31-14-23-28(40)35(29(41)42-23)22(27(39)33-16)11-17-7-3-2-4-8-17/h2-10,13,16,21-23,30H,11-12,14-15H2,1H3,(H,31,38)(H,32,37)(H,33,39)(H,34,36)/t16-,21-,22+,23+/m0/s1. The van der Waals surface area contributed by atoms with Crippen LogP contribution >= 0.6 is 0 Å². The Morgan fingerprint density at radius 1 is 0.833 bits per heavy atom. The number of H-pyrrole nitrogens is 1. The molecule has 5 rings (SSSR count). The lowest BCUT2D eigenvalue weighted by Gasteiger charge is -2.25. The molecule has 2 aromatic carbocycles. The number of amides is 6. The van der Waals surface area contributed by atoms with E-state index in [4.69, 9.17) is 4.74 Å². The second-order valence-corrected chi connectivity index (χ2v) is 10.2. The van der Waals surface area contributed by atoms with Gasteiger partial charge in [-0.2, -0.15) is 0 Å². The number of carbonyl (C=O) groups is 6. The normalized spacial score (nSPS) is 24.1. The van der Waals surface area contributed by atoms with E-state index >= 15 is 0 Å². The molecule has 0 aliphatic carbocycles. The van der Waals surface area contributed by atoms with Crippen LogP contribution in [0, 0.1) is 0 Å². The Morgan fingerprint density at radius 2 is 1.57 bits per heavy atom. The maximum absolute atomic E-state index is 13.3. The van der Waals surface area contributed by atoms with E-state index < -0.39 is 66.4 Å². The lowest BCUT2D eigenvalue weighted by Crippen LogP contribution is -2.57. The highest BCUT2D eigenvalue weighted by Crippen LogP contribution is 2.21. The van der Waals surface area contributed by atoms with Gasteiger partial charge in [-0.3, -0.25) is 24.0 Å². The van der Waals surface area contributed by atoms with Gasteiger partial charge < -0.3 is 31.0 Å². The van der Waals surface area contributed by atoms with Crippen LogP contribution in [-0.4, -0.2) is 82.8 Å². The molecular formula is C29H30N6O7. The highest BCUT2D eigenvalue weighted by molar-refractivity contribution is 6.05. The van der Waals surface area contributed by atoms with Crippen LogP contribution in [0.5, 0.6) is 0 Å². The summed E-state index contributed by atoms with van der Waals surface area (Å²) in [6, 6.07) is 12.7. The predicted octanol–water partition coefficient (Wildman–Crippen LogP) is -0.0954. The number of nitrogens with one attached hydrogen (secondary N) is 5. The average Bonchev–Trinajstić information content (AvgIpc) is 3.52. The third-order valence-electron chi connectivity index (χ3n) is 7.23. The van der Waals surface area contributed by atoms with E-state index in [1.165, 1.54) is 6.92 Å². The third-order valence-corrected chi connectivity index (χ3v) is 7.23. The first-order valence-electron chi connectivity index (χ1n) is 13.5. The summed E-state index contributed by atoms with van der Waals surface area (Å²) in [6.07, 6.45) is -0.616. The summed E-state index contributed by atoms with van der Waals surface area (Å²) in [5, 5.41) is 11.1. The van der Waals surface area contributed by atoms with Gasteiger partial charge >= 0.3 is 6.09 Å². The quantitative estimate of drug-likeness (QED) is 0.289. The molecule has 6 amide bonds. The number of nitrogens with zero attached hydrogens (tertiary/aromatic N) is 1. The first-order valence-corrected chi connectivity index (χ1v) is 13.5. The Hall–Kier alpha value is -5.20. The number of hydrogen-bond acceptors (Lipinski definition) is 7. The van der Waals surface area contributed by atoms with Crippen LogP contribution in [0.1, 0.15) is 18.1 Å². The van der Waals surface area contributed by atoms with Gasteiger partial charge in [-0.15, -0.1) is 0 Å². The molecule has 42 heavy (non-hydrogen) atoms. The first kappa shape index (κ1) is 28.3. The minimum atomic E-state index is -1.38. The van der Waals surface area contributed by atoms with Crippen LogP contribution < -0.4 is 21.3 Å². The Labute approximate surface area is 240 Å². The van der Waals surface area contributed by atoms with Crippen molar-refractivity contribution in [2.75, 3.05) is 13.1 Å². The molecule has 13 nitrogen and oxygen atoms in total. The van der Waals surface area contributed by atoms with Gasteiger partial charge in [-0.05, 0) is 24.1 Å². The number of aromatic amines is 1. The molecule has 5 N–H and O–H groups in total. The number of ether oxygens (including phenoxy) is 1. The zero-order valence-corrected chi connectivity index (χ0v) is 22.7. The third kappa shape index (κ3) is 6.09. The number of imide groups is 1. The molecule has 0 saturated carbocycles. The molecule has 3 heterocycles. The van der Waals surface area contributed by atoms with Crippen LogP contribution in [-0.2, 0) is 41.6 Å². The molecule has 2 fully saturated rings. The fourth-order valence-corrected chi connectivity index (χ4v) is 5.01. The Morgan fingerprint density at radius 3 is 2.36 bits per heavy atom. The molecule has 218 valence electrons. The van der Waals surface area contributed by atoms with Crippen molar-refractivity contribution >= 4 is 46.5 Å². The zero-order chi connectivity index (χ0) is 29.8. The highest BCUT2D eigenvalue weighted by Gasteiger charge is 2.47. The molecule has 0 unspecified atom stereocenters. The van der Waals surface area contributed by atoms with Crippen molar-refractivity contribution in [1.29, 1.82) is 0 Å². The lowest BCUT2D eigenvalue weighted by molar-refractivity contribution is -0.138. The van der Waals surface area contributed by atoms with E-state index in [9.17, 15) is 28.8 Å². The number of aromatic nitrogens is 1. The molecule has 2 aliphatic rings. The SMILES string of the molecule is C[C@@H]1NC(=O)[C@@H](Cc2ccccc2)N2C(=O)O[C@H](CNC(=O)[C@H](Cc3c[nH]c4ccccc34)NC(=O)CNC1=O)C2=O. The second-order valence-electron chi connectivity index (χ2n) is 10.2. The summed E-state index contributed by atoms with van der Waals surface area (Å²) in [5.41, 5.74) is 2.28. The van der Waals surface area contributed by atoms with E-state index in [1.807, 2.05) is 24.3 Å². The van der Waals surface area contributed by atoms with E-state index in [-0.39, 0.29) is 19.4 Å². The van der Waals surface area contributed by atoms with Gasteiger partial charge in [0.25, 0.3) is 5.91 Å². The number of hydrogen-bond donors (Lipinski definition) is 5. The molecule has 4 atom stereocenters. The Bertz CT molecular complexity index is 1540. The van der Waals surface area contributed by atoms with Crippen LogP contribution in [0.3, 0.4) is 0 Å². The van der Waals surface area contributed by atoms with E-state index in [0.29, 0.717) is 5.56 Å². The Balaban J connectivity index is 1.41. The topological polar surface area (TPSA) is 179 Å². The molecule has 2 aliphatic heterocycles. The van der Waals surface area contributed by atoms with Crippen molar-refractivity contribution in [2.24, 2.45) is 0 Å². The molecule has 13 heteroatoms. The van der Waals surface area contributed by atoms with Crippen molar-refractivity contribution in [1.82, 2.24) is 31.2 Å². The van der Waals surface area contributed by atoms with Crippen molar-refractivity contribution in [2.45, 2.75) is 44.0 Å². The minimum absolute atomic E-state index is 0.0317. The van der Waals surface area contributed by atoms with Crippen molar-refractivity contribution in [3.05, 3.63) is 71.9 Å². The maximum atomic E-state index is 13.3. The van der Waals surface area contributed by atoms with E-state index in [2.05, 4.69) is 26.3 Å². The van der Waals surface area contributed by atoms with Gasteiger partial charge in [0, 0.05) is 29.9 Å². The highest BCUT2D eigenvalue weighted by atomic mass is 16.6.